The zero-order valence-electron chi connectivity index (χ0n) is 11.6. The van der Waals surface area contributed by atoms with Crippen LogP contribution < -0.4 is 0 Å². The normalized spacial score (nSPS) is 12.9. The fourth-order valence-electron chi connectivity index (χ4n) is 2.03. The Morgan fingerprint density at radius 2 is 1.95 bits per heavy atom. The summed E-state index contributed by atoms with van der Waals surface area (Å²) >= 11 is 12.0. The van der Waals surface area contributed by atoms with Gasteiger partial charge in [0.1, 0.15) is 0 Å². The number of hydrogen-bond acceptors (Lipinski definition) is 2. The summed E-state index contributed by atoms with van der Waals surface area (Å²) in [6, 6.07) is 7.58. The van der Waals surface area contributed by atoms with Crippen LogP contribution in [-0.2, 0) is 12.8 Å². The molecule has 1 heterocycles. The second-order valence-corrected chi connectivity index (χ2v) is 6.02. The van der Waals surface area contributed by atoms with Gasteiger partial charge in [0.15, 0.2) is 0 Å². The van der Waals surface area contributed by atoms with Crippen LogP contribution in [0.15, 0.2) is 30.5 Å². The van der Waals surface area contributed by atoms with E-state index in [1.54, 1.807) is 12.1 Å². The Bertz CT molecular complexity index is 581. The van der Waals surface area contributed by atoms with E-state index in [9.17, 15) is 5.11 Å². The predicted octanol–water partition coefficient (Wildman–Crippen LogP) is 3.92. The monoisotopic (exact) mass is 312 g/mol. The zero-order valence-corrected chi connectivity index (χ0v) is 13.1. The lowest BCUT2D eigenvalue weighted by atomic mass is 10.0. The fraction of sp³-hybridized carbons (Fsp3) is 0.400. The average Bonchev–Trinajstić information content (AvgIpc) is 2.81. The number of benzene rings is 1. The van der Waals surface area contributed by atoms with Gasteiger partial charge in [-0.2, -0.15) is 5.10 Å². The lowest BCUT2D eigenvalue weighted by Crippen LogP contribution is -2.15. The van der Waals surface area contributed by atoms with Gasteiger partial charge in [0.2, 0.25) is 0 Å². The van der Waals surface area contributed by atoms with Gasteiger partial charge in [-0.15, -0.1) is 0 Å². The molecule has 2 rings (SSSR count). The van der Waals surface area contributed by atoms with Crippen molar-refractivity contribution in [1.82, 2.24) is 9.78 Å². The van der Waals surface area contributed by atoms with Crippen molar-refractivity contribution < 1.29 is 5.11 Å². The molecule has 3 nitrogen and oxygen atoms in total. The van der Waals surface area contributed by atoms with Gasteiger partial charge >= 0.3 is 0 Å². The molecule has 0 spiro atoms. The second kappa shape index (κ2) is 6.61. The van der Waals surface area contributed by atoms with Gasteiger partial charge in [0.05, 0.1) is 11.8 Å². The van der Waals surface area contributed by atoms with E-state index >= 15 is 0 Å². The van der Waals surface area contributed by atoms with Gasteiger partial charge in [-0.05, 0) is 37.6 Å². The first-order valence-corrected chi connectivity index (χ1v) is 7.37. The van der Waals surface area contributed by atoms with Crippen molar-refractivity contribution in [1.29, 1.82) is 0 Å². The summed E-state index contributed by atoms with van der Waals surface area (Å²) in [6.07, 6.45) is 2.43. The van der Waals surface area contributed by atoms with E-state index in [4.69, 9.17) is 23.2 Å². The molecule has 5 heteroatoms. The summed E-state index contributed by atoms with van der Waals surface area (Å²) in [5, 5.41) is 15.8. The third kappa shape index (κ3) is 3.98. The van der Waals surface area contributed by atoms with Crippen LogP contribution in [0.3, 0.4) is 0 Å². The second-order valence-electron chi connectivity index (χ2n) is 5.18. The van der Waals surface area contributed by atoms with E-state index in [1.807, 2.05) is 23.0 Å². The van der Waals surface area contributed by atoms with Crippen molar-refractivity contribution in [3.05, 3.63) is 51.8 Å². The van der Waals surface area contributed by atoms with Gasteiger partial charge in [0, 0.05) is 35.1 Å². The van der Waals surface area contributed by atoms with Crippen LogP contribution in [-0.4, -0.2) is 21.0 Å². The van der Waals surface area contributed by atoms with E-state index < -0.39 is 6.10 Å². The van der Waals surface area contributed by atoms with Crippen molar-refractivity contribution in [3.63, 3.8) is 0 Å². The Hall–Kier alpha value is -1.03. The summed E-state index contributed by atoms with van der Waals surface area (Å²) in [6.45, 7) is 4.14. The molecule has 1 unspecified atom stereocenters. The summed E-state index contributed by atoms with van der Waals surface area (Å²) in [7, 11) is 0. The molecular formula is C15H18Cl2N2O. The largest absolute Gasteiger partial charge is 0.392 e. The molecule has 1 aromatic heterocycles. The van der Waals surface area contributed by atoms with Crippen LogP contribution >= 0.6 is 23.2 Å². The van der Waals surface area contributed by atoms with Crippen molar-refractivity contribution in [2.24, 2.45) is 0 Å². The summed E-state index contributed by atoms with van der Waals surface area (Å²) in [5.41, 5.74) is 1.78. The highest BCUT2D eigenvalue weighted by molar-refractivity contribution is 6.35. The first-order chi connectivity index (χ1) is 9.45. The van der Waals surface area contributed by atoms with Gasteiger partial charge in [-0.1, -0.05) is 29.3 Å². The molecule has 108 valence electrons. The molecule has 0 bridgehead atoms. The van der Waals surface area contributed by atoms with E-state index in [1.165, 1.54) is 0 Å². The Morgan fingerprint density at radius 3 is 2.55 bits per heavy atom. The summed E-state index contributed by atoms with van der Waals surface area (Å²) in [5.74, 6) is 0. The van der Waals surface area contributed by atoms with E-state index in [2.05, 4.69) is 18.9 Å². The third-order valence-electron chi connectivity index (χ3n) is 3.11. The first-order valence-electron chi connectivity index (χ1n) is 6.61. The van der Waals surface area contributed by atoms with E-state index in [0.717, 1.165) is 11.3 Å². The quantitative estimate of drug-likeness (QED) is 0.908. The van der Waals surface area contributed by atoms with Crippen LogP contribution in [0.1, 0.15) is 31.1 Å². The van der Waals surface area contributed by atoms with Crippen LogP contribution in [0.5, 0.6) is 0 Å². The molecule has 0 amide bonds. The van der Waals surface area contributed by atoms with Gasteiger partial charge < -0.3 is 5.11 Å². The highest BCUT2D eigenvalue weighted by atomic mass is 35.5. The highest BCUT2D eigenvalue weighted by Gasteiger charge is 2.12. The van der Waals surface area contributed by atoms with Crippen LogP contribution in [0.2, 0.25) is 10.0 Å². The molecule has 0 saturated heterocycles. The summed E-state index contributed by atoms with van der Waals surface area (Å²) in [4.78, 5) is 0. The number of nitrogens with zero attached hydrogens (tertiary/aromatic N) is 2. The topological polar surface area (TPSA) is 38.0 Å². The number of halogens is 2. The van der Waals surface area contributed by atoms with Gasteiger partial charge in [-0.25, -0.2) is 0 Å². The molecule has 1 N–H and O–H groups in total. The maximum Gasteiger partial charge on any atom is 0.0650 e. The number of rotatable bonds is 5. The molecule has 20 heavy (non-hydrogen) atoms. The Labute approximate surface area is 129 Å². The number of aromatic nitrogens is 2. The van der Waals surface area contributed by atoms with Gasteiger partial charge in [-0.3, -0.25) is 4.68 Å². The highest BCUT2D eigenvalue weighted by Crippen LogP contribution is 2.22. The van der Waals surface area contributed by atoms with Crippen molar-refractivity contribution in [3.8, 4) is 0 Å². The lowest BCUT2D eigenvalue weighted by molar-refractivity contribution is 0.174. The molecule has 0 aliphatic heterocycles. The lowest BCUT2D eigenvalue weighted by Gasteiger charge is -2.11. The number of aliphatic hydroxyl groups excluding tert-OH is 1. The van der Waals surface area contributed by atoms with E-state index in [0.29, 0.717) is 28.9 Å². The van der Waals surface area contributed by atoms with Crippen molar-refractivity contribution >= 4 is 23.2 Å². The Kier molecular flexibility index (Phi) is 5.08. The number of hydrogen-bond donors (Lipinski definition) is 1. The maximum absolute atomic E-state index is 10.2. The smallest absolute Gasteiger partial charge is 0.0650 e. The molecule has 1 aromatic carbocycles. The molecule has 2 aromatic rings. The standard InChI is InChI=1S/C15H18Cl2N2O/c1-10(2)19-6-5-13(18-19)9-14(20)7-11-3-4-12(16)8-15(11)17/h3-6,8,10,14,20H,7,9H2,1-2H3. The minimum Gasteiger partial charge on any atom is -0.392 e. The maximum atomic E-state index is 10.2. The molecule has 0 aliphatic rings. The molecule has 1 atom stereocenters. The molecule has 0 aliphatic carbocycles. The molecular weight excluding hydrogens is 295 g/mol. The Balaban J connectivity index is 1.99. The fourth-order valence-corrected chi connectivity index (χ4v) is 2.51. The minimum absolute atomic E-state index is 0.326. The minimum atomic E-state index is -0.510. The van der Waals surface area contributed by atoms with E-state index in [-0.39, 0.29) is 0 Å². The van der Waals surface area contributed by atoms with Crippen LogP contribution in [0.25, 0.3) is 0 Å². The molecule has 0 fully saturated rings. The molecule has 0 radical (unpaired) electrons. The van der Waals surface area contributed by atoms with Crippen molar-refractivity contribution in [2.75, 3.05) is 0 Å². The zero-order chi connectivity index (χ0) is 14.7. The average molecular weight is 313 g/mol. The van der Waals surface area contributed by atoms with Crippen LogP contribution in [0.4, 0.5) is 0 Å². The Morgan fingerprint density at radius 1 is 1.20 bits per heavy atom. The van der Waals surface area contributed by atoms with Crippen LogP contribution in [0, 0.1) is 0 Å². The molecule has 0 saturated carbocycles. The first kappa shape index (κ1) is 15.4. The van der Waals surface area contributed by atoms with Crippen molar-refractivity contribution in [2.45, 2.75) is 38.8 Å². The number of aliphatic hydroxyl groups is 1. The SMILES string of the molecule is CC(C)n1ccc(CC(O)Cc2ccc(Cl)cc2Cl)n1. The summed E-state index contributed by atoms with van der Waals surface area (Å²) < 4.78 is 1.89. The predicted molar refractivity (Wildman–Crippen MR) is 82.5 cm³/mol. The van der Waals surface area contributed by atoms with Gasteiger partial charge in [0.25, 0.3) is 0 Å². The third-order valence-corrected chi connectivity index (χ3v) is 3.70.